The lowest BCUT2D eigenvalue weighted by Crippen LogP contribution is -2.38. The molecule has 112 valence electrons. The number of amidine groups is 1. The minimum absolute atomic E-state index is 0.208. The van der Waals surface area contributed by atoms with Crippen LogP contribution < -0.4 is 5.73 Å². The van der Waals surface area contributed by atoms with Crippen LogP contribution in [0.25, 0.3) is 0 Å². The van der Waals surface area contributed by atoms with E-state index < -0.39 is 0 Å². The second kappa shape index (κ2) is 7.73. The molecule has 0 aliphatic heterocycles. The van der Waals surface area contributed by atoms with Gasteiger partial charge in [0.25, 0.3) is 0 Å². The van der Waals surface area contributed by atoms with Gasteiger partial charge in [0.05, 0.1) is 0 Å². The van der Waals surface area contributed by atoms with E-state index in [1.54, 1.807) is 0 Å². The molecule has 0 aromatic carbocycles. The van der Waals surface area contributed by atoms with Crippen LogP contribution in [0.4, 0.5) is 0 Å². The molecule has 4 heteroatoms. The molecular formula is C15H31N3O. The van der Waals surface area contributed by atoms with Gasteiger partial charge in [-0.15, -0.1) is 0 Å². The van der Waals surface area contributed by atoms with E-state index in [-0.39, 0.29) is 5.41 Å². The Kier molecular flexibility index (Phi) is 6.63. The summed E-state index contributed by atoms with van der Waals surface area (Å²) < 4.78 is 0. The van der Waals surface area contributed by atoms with Gasteiger partial charge in [-0.25, -0.2) is 0 Å². The third-order valence-electron chi connectivity index (χ3n) is 4.55. The first-order chi connectivity index (χ1) is 9.01. The number of nitrogens with two attached hydrogens (primary N) is 1. The van der Waals surface area contributed by atoms with Crippen LogP contribution in [0, 0.1) is 5.41 Å². The molecule has 0 amide bonds. The molecule has 19 heavy (non-hydrogen) atoms. The molecule has 0 aromatic rings. The van der Waals surface area contributed by atoms with Crippen molar-refractivity contribution in [2.45, 2.75) is 71.8 Å². The molecule has 0 saturated heterocycles. The van der Waals surface area contributed by atoms with Crippen LogP contribution in [0.3, 0.4) is 0 Å². The largest absolute Gasteiger partial charge is 0.409 e. The predicted molar refractivity (Wildman–Crippen MR) is 80.5 cm³/mol. The van der Waals surface area contributed by atoms with Gasteiger partial charge in [0.15, 0.2) is 0 Å². The van der Waals surface area contributed by atoms with E-state index in [9.17, 15) is 0 Å². The van der Waals surface area contributed by atoms with Gasteiger partial charge in [0.1, 0.15) is 5.84 Å². The SMILES string of the molecule is CCN(CCCC(C)(C)C(N)=NO)C1CCCCC1. The van der Waals surface area contributed by atoms with E-state index in [0.717, 1.165) is 32.0 Å². The summed E-state index contributed by atoms with van der Waals surface area (Å²) in [5.41, 5.74) is 5.52. The second-order valence-electron chi connectivity index (χ2n) is 6.39. The smallest absolute Gasteiger partial charge is 0.144 e. The first-order valence-corrected chi connectivity index (χ1v) is 7.73. The maximum Gasteiger partial charge on any atom is 0.144 e. The van der Waals surface area contributed by atoms with Crippen LogP contribution >= 0.6 is 0 Å². The molecule has 0 spiro atoms. The van der Waals surface area contributed by atoms with Gasteiger partial charge in [-0.2, -0.15) is 0 Å². The molecule has 0 aromatic heterocycles. The summed E-state index contributed by atoms with van der Waals surface area (Å²) in [6, 6.07) is 0.783. The van der Waals surface area contributed by atoms with Crippen LogP contribution in [0.5, 0.6) is 0 Å². The van der Waals surface area contributed by atoms with Crippen molar-refractivity contribution in [3.05, 3.63) is 0 Å². The van der Waals surface area contributed by atoms with Crippen molar-refractivity contribution in [1.29, 1.82) is 0 Å². The number of nitrogens with zero attached hydrogens (tertiary/aromatic N) is 2. The highest BCUT2D eigenvalue weighted by molar-refractivity contribution is 5.85. The molecule has 1 aliphatic carbocycles. The lowest BCUT2D eigenvalue weighted by Gasteiger charge is -2.34. The zero-order valence-electron chi connectivity index (χ0n) is 12.9. The standard InChI is InChI=1S/C15H31N3O/c1-4-18(13-9-6-5-7-10-13)12-8-11-15(2,3)14(16)17-19/h13,19H,4-12H2,1-3H3,(H2,16,17). The van der Waals surface area contributed by atoms with Crippen molar-refractivity contribution in [3.63, 3.8) is 0 Å². The normalized spacial score (nSPS) is 19.1. The third kappa shape index (κ3) is 5.01. The lowest BCUT2D eigenvalue weighted by atomic mass is 9.86. The van der Waals surface area contributed by atoms with Crippen molar-refractivity contribution in [2.24, 2.45) is 16.3 Å². The molecule has 1 fully saturated rings. The fourth-order valence-electron chi connectivity index (χ4n) is 3.03. The van der Waals surface area contributed by atoms with Gasteiger partial charge < -0.3 is 15.8 Å². The quantitative estimate of drug-likeness (QED) is 0.323. The Hall–Kier alpha value is -0.770. The maximum atomic E-state index is 8.78. The van der Waals surface area contributed by atoms with Crippen molar-refractivity contribution >= 4 is 5.84 Å². The first-order valence-electron chi connectivity index (χ1n) is 7.73. The van der Waals surface area contributed by atoms with E-state index in [0.29, 0.717) is 5.84 Å². The van der Waals surface area contributed by atoms with Crippen LogP contribution in [0.15, 0.2) is 5.16 Å². The third-order valence-corrected chi connectivity index (χ3v) is 4.55. The Labute approximate surface area is 118 Å². The zero-order chi connectivity index (χ0) is 14.3. The predicted octanol–water partition coefficient (Wildman–Crippen LogP) is 3.19. The van der Waals surface area contributed by atoms with Crippen molar-refractivity contribution < 1.29 is 5.21 Å². The van der Waals surface area contributed by atoms with Crippen LogP contribution in [0.2, 0.25) is 0 Å². The summed E-state index contributed by atoms with van der Waals surface area (Å²) in [4.78, 5) is 2.61. The fourth-order valence-corrected chi connectivity index (χ4v) is 3.03. The summed E-state index contributed by atoms with van der Waals surface area (Å²) in [5.74, 6) is 0.341. The molecule has 1 rings (SSSR count). The van der Waals surface area contributed by atoms with Crippen LogP contribution in [0.1, 0.15) is 65.7 Å². The van der Waals surface area contributed by atoms with Gasteiger partial charge >= 0.3 is 0 Å². The summed E-state index contributed by atoms with van der Waals surface area (Å²) in [7, 11) is 0. The topological polar surface area (TPSA) is 61.8 Å². The molecule has 4 nitrogen and oxygen atoms in total. The number of hydrogen-bond acceptors (Lipinski definition) is 3. The number of hydrogen-bond donors (Lipinski definition) is 2. The molecule has 0 bridgehead atoms. The Morgan fingerprint density at radius 3 is 2.47 bits per heavy atom. The molecular weight excluding hydrogens is 238 g/mol. The summed E-state index contributed by atoms with van der Waals surface area (Å²) in [6.07, 6.45) is 8.97. The fraction of sp³-hybridized carbons (Fsp3) is 0.933. The lowest BCUT2D eigenvalue weighted by molar-refractivity contribution is 0.157. The average molecular weight is 269 g/mol. The van der Waals surface area contributed by atoms with E-state index in [4.69, 9.17) is 10.9 Å². The minimum Gasteiger partial charge on any atom is -0.409 e. The van der Waals surface area contributed by atoms with E-state index in [2.05, 4.69) is 17.0 Å². The highest BCUT2D eigenvalue weighted by Gasteiger charge is 2.24. The van der Waals surface area contributed by atoms with E-state index >= 15 is 0 Å². The highest BCUT2D eigenvalue weighted by Crippen LogP contribution is 2.25. The number of oxime groups is 1. The molecule has 0 atom stereocenters. The van der Waals surface area contributed by atoms with Gasteiger partial charge in [0, 0.05) is 11.5 Å². The molecule has 0 unspecified atom stereocenters. The van der Waals surface area contributed by atoms with E-state index in [1.165, 1.54) is 32.1 Å². The molecule has 3 N–H and O–H groups in total. The minimum atomic E-state index is -0.208. The summed E-state index contributed by atoms with van der Waals surface area (Å²) in [5, 5.41) is 11.9. The monoisotopic (exact) mass is 269 g/mol. The highest BCUT2D eigenvalue weighted by atomic mass is 16.4. The van der Waals surface area contributed by atoms with E-state index in [1.807, 2.05) is 13.8 Å². The molecule has 0 radical (unpaired) electrons. The summed E-state index contributed by atoms with van der Waals surface area (Å²) in [6.45, 7) is 8.60. The average Bonchev–Trinajstić information content (AvgIpc) is 2.43. The Balaban J connectivity index is 2.37. The zero-order valence-corrected chi connectivity index (χ0v) is 12.9. The Morgan fingerprint density at radius 1 is 1.32 bits per heavy atom. The van der Waals surface area contributed by atoms with Crippen LogP contribution in [-0.4, -0.2) is 35.1 Å². The van der Waals surface area contributed by atoms with Gasteiger partial charge in [-0.05, 0) is 38.8 Å². The number of rotatable bonds is 7. The van der Waals surface area contributed by atoms with Crippen molar-refractivity contribution in [2.75, 3.05) is 13.1 Å². The molecule has 0 heterocycles. The van der Waals surface area contributed by atoms with Gasteiger partial charge in [0.2, 0.25) is 0 Å². The Bertz CT molecular complexity index is 283. The Morgan fingerprint density at radius 2 is 1.95 bits per heavy atom. The van der Waals surface area contributed by atoms with Crippen molar-refractivity contribution in [3.8, 4) is 0 Å². The van der Waals surface area contributed by atoms with Gasteiger partial charge in [-0.1, -0.05) is 45.2 Å². The van der Waals surface area contributed by atoms with Gasteiger partial charge in [-0.3, -0.25) is 0 Å². The van der Waals surface area contributed by atoms with Crippen LogP contribution in [-0.2, 0) is 0 Å². The maximum absolute atomic E-state index is 8.78. The summed E-state index contributed by atoms with van der Waals surface area (Å²) >= 11 is 0. The first kappa shape index (κ1) is 16.3. The second-order valence-corrected chi connectivity index (χ2v) is 6.39. The molecule has 1 aliphatic rings. The van der Waals surface area contributed by atoms with Crippen molar-refractivity contribution in [1.82, 2.24) is 4.90 Å². The molecule has 1 saturated carbocycles.